The zero-order valence-corrected chi connectivity index (χ0v) is 40.5. The molecule has 9 rings (SSSR count). The lowest BCUT2D eigenvalue weighted by Crippen LogP contribution is -2.52. The Labute approximate surface area is 409 Å². The number of piperidine rings is 1. The van der Waals surface area contributed by atoms with E-state index < -0.39 is 21.8 Å². The fourth-order valence-electron chi connectivity index (χ4n) is 9.23. The first-order chi connectivity index (χ1) is 34.0. The molecule has 1 N–H and O–H groups in total. The van der Waals surface area contributed by atoms with E-state index in [9.17, 15) is 22.8 Å². The van der Waals surface area contributed by atoms with E-state index in [4.69, 9.17) is 18.9 Å². The highest BCUT2D eigenvalue weighted by Crippen LogP contribution is 2.41. The van der Waals surface area contributed by atoms with Crippen molar-refractivity contribution in [3.8, 4) is 34.1 Å². The molecule has 3 amide bonds. The molecule has 3 aliphatic rings. The van der Waals surface area contributed by atoms with Crippen LogP contribution in [-0.2, 0) is 37.3 Å². The van der Waals surface area contributed by atoms with Crippen LogP contribution in [0.4, 0.5) is 5.69 Å². The Kier molecular flexibility index (Phi) is 15.1. The minimum absolute atomic E-state index is 0.150. The molecule has 0 aromatic heterocycles. The van der Waals surface area contributed by atoms with Crippen molar-refractivity contribution in [3.05, 3.63) is 144 Å². The molecule has 2 saturated heterocycles. The first-order valence-corrected chi connectivity index (χ1v) is 25.9. The van der Waals surface area contributed by atoms with Gasteiger partial charge in [-0.1, -0.05) is 61.5 Å². The first kappa shape index (κ1) is 48.3. The van der Waals surface area contributed by atoms with Crippen LogP contribution >= 0.6 is 0 Å². The van der Waals surface area contributed by atoms with Gasteiger partial charge in [-0.15, -0.1) is 0 Å². The Morgan fingerprint density at radius 2 is 1.47 bits per heavy atom. The van der Waals surface area contributed by atoms with E-state index >= 15 is 0 Å². The molecule has 0 aliphatic carbocycles. The molecule has 14 nitrogen and oxygen atoms in total. The monoisotopic (exact) mass is 965 g/mol. The van der Waals surface area contributed by atoms with Crippen molar-refractivity contribution in [2.75, 3.05) is 83.3 Å². The number of piperazine rings is 1. The summed E-state index contributed by atoms with van der Waals surface area (Å²) in [6.07, 6.45) is 1.80. The van der Waals surface area contributed by atoms with E-state index in [-0.39, 0.29) is 23.1 Å². The number of anilines is 1. The van der Waals surface area contributed by atoms with E-state index in [0.29, 0.717) is 56.5 Å². The van der Waals surface area contributed by atoms with Crippen molar-refractivity contribution in [1.29, 1.82) is 0 Å². The van der Waals surface area contributed by atoms with Crippen LogP contribution in [0.3, 0.4) is 0 Å². The Hall–Kier alpha value is -6.78. The third-order valence-corrected chi connectivity index (χ3v) is 14.4. The summed E-state index contributed by atoms with van der Waals surface area (Å²) in [5.74, 6) is 1.91. The van der Waals surface area contributed by atoms with Crippen molar-refractivity contribution in [3.63, 3.8) is 0 Å². The number of ether oxygens (including phenoxy) is 4. The number of likely N-dealkylation sites (N-methyl/N-ethyl adjacent to an activating group) is 1. The van der Waals surface area contributed by atoms with Crippen molar-refractivity contribution < 1.29 is 41.7 Å². The SMILES string of the molecule is CCN(CCOCCN1CCN(c2ccc3c(c2)C(=O)N(C2CCC(=O)NC2=O)C3)CC1)CCOc1ccc(Oc2c(-c3ccc(S(C)(=O)=O)cc3)ccc3cc(OCc4ccccc4)ccc23)cc1. The number of nitrogens with one attached hydrogen (secondary N) is 1. The van der Waals surface area contributed by atoms with Gasteiger partial charge in [0.15, 0.2) is 9.84 Å². The number of imide groups is 1. The summed E-state index contributed by atoms with van der Waals surface area (Å²) in [6, 6.07) is 39.8. The highest BCUT2D eigenvalue weighted by Gasteiger charge is 2.39. The first-order valence-electron chi connectivity index (χ1n) is 24.0. The number of fused-ring (bicyclic) bond motifs is 2. The van der Waals surface area contributed by atoms with Gasteiger partial charge in [0.2, 0.25) is 11.8 Å². The summed E-state index contributed by atoms with van der Waals surface area (Å²) in [7, 11) is -3.35. The third kappa shape index (κ3) is 11.6. The Balaban J connectivity index is 0.722. The quantitative estimate of drug-likeness (QED) is 0.0595. The van der Waals surface area contributed by atoms with Gasteiger partial charge >= 0.3 is 0 Å². The summed E-state index contributed by atoms with van der Waals surface area (Å²) in [5, 5.41) is 4.19. The van der Waals surface area contributed by atoms with E-state index in [0.717, 1.165) is 103 Å². The average molecular weight is 966 g/mol. The molecule has 2 fully saturated rings. The topological polar surface area (TPSA) is 147 Å². The fraction of sp³-hybridized carbons (Fsp3) is 0.327. The molecule has 6 aromatic carbocycles. The van der Waals surface area contributed by atoms with Crippen LogP contribution in [0.5, 0.6) is 23.0 Å². The van der Waals surface area contributed by atoms with Gasteiger partial charge in [0.25, 0.3) is 5.91 Å². The fourth-order valence-corrected chi connectivity index (χ4v) is 9.86. The summed E-state index contributed by atoms with van der Waals surface area (Å²) < 4.78 is 49.5. The summed E-state index contributed by atoms with van der Waals surface area (Å²) in [5.41, 5.74) is 5.29. The Bertz CT molecular complexity index is 2930. The van der Waals surface area contributed by atoms with Crippen molar-refractivity contribution >= 4 is 44.0 Å². The molecule has 0 bridgehead atoms. The van der Waals surface area contributed by atoms with Crippen molar-refractivity contribution in [2.24, 2.45) is 0 Å². The van der Waals surface area contributed by atoms with Gasteiger partial charge in [0.1, 0.15) is 42.3 Å². The van der Waals surface area contributed by atoms with Crippen LogP contribution in [0.15, 0.2) is 132 Å². The zero-order valence-electron chi connectivity index (χ0n) is 39.7. The minimum Gasteiger partial charge on any atom is -0.492 e. The van der Waals surface area contributed by atoms with E-state index in [1.54, 1.807) is 29.2 Å². The molecular weight excluding hydrogens is 907 g/mol. The molecule has 1 atom stereocenters. The van der Waals surface area contributed by atoms with Crippen LogP contribution in [-0.4, -0.2) is 125 Å². The van der Waals surface area contributed by atoms with E-state index in [1.165, 1.54) is 6.26 Å². The van der Waals surface area contributed by atoms with Crippen molar-refractivity contribution in [2.45, 2.75) is 43.9 Å². The van der Waals surface area contributed by atoms with Crippen LogP contribution in [0.1, 0.15) is 41.3 Å². The predicted molar refractivity (Wildman–Crippen MR) is 269 cm³/mol. The van der Waals surface area contributed by atoms with Gasteiger partial charge in [-0.3, -0.25) is 29.5 Å². The average Bonchev–Trinajstić information content (AvgIpc) is 3.70. The maximum absolute atomic E-state index is 13.3. The highest BCUT2D eigenvalue weighted by atomic mass is 32.2. The molecule has 1 unspecified atom stereocenters. The number of nitrogens with zero attached hydrogens (tertiary/aromatic N) is 4. The number of carbonyl (C=O) groups is 3. The molecule has 15 heteroatoms. The maximum Gasteiger partial charge on any atom is 0.255 e. The lowest BCUT2D eigenvalue weighted by molar-refractivity contribution is -0.136. The number of carbonyl (C=O) groups excluding carboxylic acids is 3. The predicted octanol–water partition coefficient (Wildman–Crippen LogP) is 7.58. The molecule has 0 saturated carbocycles. The molecule has 3 aliphatic heterocycles. The van der Waals surface area contributed by atoms with Crippen LogP contribution in [0.2, 0.25) is 0 Å². The molecule has 0 radical (unpaired) electrons. The molecule has 6 aromatic rings. The normalized spacial score (nSPS) is 16.4. The second kappa shape index (κ2) is 21.9. The Morgan fingerprint density at radius 3 is 2.21 bits per heavy atom. The lowest BCUT2D eigenvalue weighted by Gasteiger charge is -2.36. The van der Waals surface area contributed by atoms with E-state index in [2.05, 4.69) is 33.0 Å². The summed E-state index contributed by atoms with van der Waals surface area (Å²) in [6.45, 7) is 11.5. The molecule has 364 valence electrons. The van der Waals surface area contributed by atoms with Gasteiger partial charge < -0.3 is 28.7 Å². The zero-order chi connectivity index (χ0) is 48.6. The van der Waals surface area contributed by atoms with Crippen molar-refractivity contribution in [1.82, 2.24) is 20.0 Å². The van der Waals surface area contributed by atoms with Gasteiger partial charge in [0, 0.05) is 87.2 Å². The minimum atomic E-state index is -3.35. The molecule has 70 heavy (non-hydrogen) atoms. The van der Waals surface area contributed by atoms with Gasteiger partial charge in [-0.05, 0) is 108 Å². The number of benzene rings is 6. The summed E-state index contributed by atoms with van der Waals surface area (Å²) in [4.78, 5) is 46.3. The Morgan fingerprint density at radius 1 is 0.729 bits per heavy atom. The van der Waals surface area contributed by atoms with Gasteiger partial charge in [-0.25, -0.2) is 8.42 Å². The van der Waals surface area contributed by atoms with Gasteiger partial charge in [-0.2, -0.15) is 0 Å². The summed E-state index contributed by atoms with van der Waals surface area (Å²) >= 11 is 0. The van der Waals surface area contributed by atoms with Crippen LogP contribution in [0.25, 0.3) is 21.9 Å². The number of amides is 3. The largest absolute Gasteiger partial charge is 0.492 e. The van der Waals surface area contributed by atoms with Crippen LogP contribution < -0.4 is 24.4 Å². The number of hydrogen-bond acceptors (Lipinski definition) is 12. The third-order valence-electron chi connectivity index (χ3n) is 13.3. The number of sulfone groups is 1. The molecule has 3 heterocycles. The smallest absolute Gasteiger partial charge is 0.255 e. The lowest BCUT2D eigenvalue weighted by atomic mass is 9.99. The maximum atomic E-state index is 13.3. The number of rotatable bonds is 20. The second-order valence-electron chi connectivity index (χ2n) is 17.9. The van der Waals surface area contributed by atoms with Crippen LogP contribution in [0, 0.1) is 0 Å². The standard InChI is InChI=1S/C55H59N5O9S/c1-3-57(29-32-66-33-30-58-25-27-59(28-26-58)43-13-9-42-37-60(55(63)50(42)36-43)51-23-24-52(61)56-54(51)62)31-34-67-44-14-16-45(17-15-44)69-53-48(40-10-19-47(20-11-40)70(2,64)65)21-12-41-35-46(18-22-49(41)53)68-38-39-7-5-4-6-8-39/h4-22,35-36,51H,3,23-34,37-38H2,1-2H3,(H,56,61,62). The molecular formula is C55H59N5O9S. The molecule has 0 spiro atoms. The van der Waals surface area contributed by atoms with Gasteiger partial charge in [0.05, 0.1) is 18.1 Å². The van der Waals surface area contributed by atoms with E-state index in [1.807, 2.05) is 97.1 Å². The second-order valence-corrected chi connectivity index (χ2v) is 20.0. The highest BCUT2D eigenvalue weighted by molar-refractivity contribution is 7.90. The number of hydrogen-bond donors (Lipinski definition) is 1.